The fraction of sp³-hybridized carbons (Fsp3) is 0.417. The maximum atomic E-state index is 12.3. The van der Waals surface area contributed by atoms with E-state index >= 15 is 0 Å². The molecule has 1 aromatic carbocycles. The molecule has 1 saturated heterocycles. The number of Topliss-reactive ketones (excluding diaryl/α,β-unsaturated/α-hetero) is 1. The van der Waals surface area contributed by atoms with Gasteiger partial charge in [-0.3, -0.25) is 4.79 Å². The first-order valence-corrected chi connectivity index (χ1v) is 7.12. The molecule has 16 heavy (non-hydrogen) atoms. The first-order chi connectivity index (χ1) is 7.68. The second-order valence-electron chi connectivity index (χ2n) is 3.88. The van der Waals surface area contributed by atoms with Crippen LogP contribution in [0.25, 0.3) is 0 Å². The van der Waals surface area contributed by atoms with Crippen molar-refractivity contribution in [2.45, 2.75) is 12.8 Å². The second-order valence-corrected chi connectivity index (χ2v) is 5.95. The van der Waals surface area contributed by atoms with E-state index in [1.54, 1.807) is 0 Å². The van der Waals surface area contributed by atoms with E-state index in [1.165, 1.54) is 0 Å². The van der Waals surface area contributed by atoms with Gasteiger partial charge in [-0.25, -0.2) is 0 Å². The lowest BCUT2D eigenvalue weighted by atomic mass is 9.91. The van der Waals surface area contributed by atoms with Crippen molar-refractivity contribution in [3.05, 3.63) is 31.8 Å². The van der Waals surface area contributed by atoms with E-state index < -0.39 is 0 Å². The zero-order valence-corrected chi connectivity index (χ0v) is 12.5. The van der Waals surface area contributed by atoms with Crippen LogP contribution in [0.3, 0.4) is 0 Å². The van der Waals surface area contributed by atoms with Gasteiger partial charge in [-0.15, -0.1) is 0 Å². The number of ether oxygens (including phenoxy) is 1. The molecular weight excluding hydrogens is 383 g/mol. The van der Waals surface area contributed by atoms with Crippen LogP contribution in [0.4, 0.5) is 0 Å². The van der Waals surface area contributed by atoms with Gasteiger partial charge in [0.25, 0.3) is 0 Å². The summed E-state index contributed by atoms with van der Waals surface area (Å²) in [6.45, 7) is 1.42. The van der Waals surface area contributed by atoms with Crippen molar-refractivity contribution >= 4 is 44.3 Å². The van der Waals surface area contributed by atoms with Crippen molar-refractivity contribution < 1.29 is 9.53 Å². The first kappa shape index (κ1) is 12.5. The van der Waals surface area contributed by atoms with Crippen LogP contribution in [-0.2, 0) is 4.74 Å². The Morgan fingerprint density at radius 2 is 2.06 bits per heavy atom. The summed E-state index contributed by atoms with van der Waals surface area (Å²) in [6.07, 6.45) is 1.70. The molecule has 0 bridgehead atoms. The van der Waals surface area contributed by atoms with Crippen LogP contribution in [0.2, 0.25) is 0 Å². The number of halogens is 2. The van der Waals surface area contributed by atoms with E-state index in [-0.39, 0.29) is 11.7 Å². The highest BCUT2D eigenvalue weighted by Crippen LogP contribution is 2.25. The highest BCUT2D eigenvalue weighted by molar-refractivity contribution is 14.1. The lowest BCUT2D eigenvalue weighted by Gasteiger charge is -2.21. The van der Waals surface area contributed by atoms with Crippen LogP contribution in [-0.4, -0.2) is 19.0 Å². The molecule has 86 valence electrons. The van der Waals surface area contributed by atoms with Crippen LogP contribution < -0.4 is 0 Å². The third-order valence-electron chi connectivity index (χ3n) is 2.79. The number of carbonyl (C=O) groups is 1. The van der Waals surface area contributed by atoms with E-state index in [0.29, 0.717) is 13.2 Å². The van der Waals surface area contributed by atoms with E-state index in [9.17, 15) is 4.79 Å². The Morgan fingerprint density at radius 3 is 2.75 bits per heavy atom. The van der Waals surface area contributed by atoms with Crippen LogP contribution in [0.5, 0.6) is 0 Å². The summed E-state index contributed by atoms with van der Waals surface area (Å²) in [5, 5.41) is 0. The standard InChI is InChI=1S/C12H12BrIO2/c13-9-1-2-11(14)10(7-9)12(15)8-3-5-16-6-4-8/h1-2,7-8H,3-6H2. The van der Waals surface area contributed by atoms with Gasteiger partial charge in [0.05, 0.1) is 0 Å². The molecule has 1 aliphatic rings. The summed E-state index contributed by atoms with van der Waals surface area (Å²) in [4.78, 5) is 12.3. The summed E-state index contributed by atoms with van der Waals surface area (Å²) in [7, 11) is 0. The minimum absolute atomic E-state index is 0.136. The molecule has 1 fully saturated rings. The minimum atomic E-state index is 0.136. The predicted molar refractivity (Wildman–Crippen MR) is 74.7 cm³/mol. The number of carbonyl (C=O) groups excluding carboxylic acids is 1. The number of rotatable bonds is 2. The molecule has 1 heterocycles. The van der Waals surface area contributed by atoms with Gasteiger partial charge in [0.1, 0.15) is 0 Å². The highest BCUT2D eigenvalue weighted by atomic mass is 127. The molecule has 0 aromatic heterocycles. The molecule has 0 amide bonds. The summed E-state index contributed by atoms with van der Waals surface area (Å²) in [5.41, 5.74) is 0.835. The third-order valence-corrected chi connectivity index (χ3v) is 4.22. The van der Waals surface area contributed by atoms with Crippen LogP contribution in [0, 0.1) is 9.49 Å². The van der Waals surface area contributed by atoms with Gasteiger partial charge in [0.2, 0.25) is 0 Å². The Morgan fingerprint density at radius 1 is 1.38 bits per heavy atom. The van der Waals surface area contributed by atoms with Crippen molar-refractivity contribution in [2.75, 3.05) is 13.2 Å². The second kappa shape index (κ2) is 5.60. The van der Waals surface area contributed by atoms with Gasteiger partial charge in [-0.2, -0.15) is 0 Å². The molecule has 0 atom stereocenters. The van der Waals surface area contributed by atoms with Gasteiger partial charge in [-0.05, 0) is 53.6 Å². The molecule has 2 rings (SSSR count). The minimum Gasteiger partial charge on any atom is -0.381 e. The number of hydrogen-bond acceptors (Lipinski definition) is 2. The number of ketones is 1. The lowest BCUT2D eigenvalue weighted by Crippen LogP contribution is -2.24. The summed E-state index contributed by atoms with van der Waals surface area (Å²) >= 11 is 5.62. The van der Waals surface area contributed by atoms with E-state index in [2.05, 4.69) is 38.5 Å². The van der Waals surface area contributed by atoms with Gasteiger partial charge in [0, 0.05) is 32.7 Å². The van der Waals surface area contributed by atoms with E-state index in [1.807, 2.05) is 18.2 Å². The molecule has 0 radical (unpaired) electrons. The van der Waals surface area contributed by atoms with Crippen molar-refractivity contribution in [1.82, 2.24) is 0 Å². The fourth-order valence-corrected chi connectivity index (χ4v) is 2.83. The zero-order valence-electron chi connectivity index (χ0n) is 8.71. The Balaban J connectivity index is 2.22. The smallest absolute Gasteiger partial charge is 0.167 e. The normalized spacial score (nSPS) is 17.4. The molecule has 0 unspecified atom stereocenters. The number of benzene rings is 1. The Labute approximate surface area is 117 Å². The van der Waals surface area contributed by atoms with Gasteiger partial charge in [-0.1, -0.05) is 15.9 Å². The maximum absolute atomic E-state index is 12.3. The Bertz CT molecular complexity index is 400. The monoisotopic (exact) mass is 394 g/mol. The maximum Gasteiger partial charge on any atom is 0.167 e. The SMILES string of the molecule is O=C(c1cc(Br)ccc1I)C1CCOCC1. The molecule has 1 aliphatic heterocycles. The zero-order chi connectivity index (χ0) is 11.5. The Kier molecular flexibility index (Phi) is 4.38. The molecule has 4 heteroatoms. The highest BCUT2D eigenvalue weighted by Gasteiger charge is 2.24. The molecule has 0 saturated carbocycles. The first-order valence-electron chi connectivity index (χ1n) is 5.25. The molecule has 2 nitrogen and oxygen atoms in total. The third kappa shape index (κ3) is 2.84. The average Bonchev–Trinajstić information content (AvgIpc) is 2.32. The van der Waals surface area contributed by atoms with Crippen molar-refractivity contribution in [2.24, 2.45) is 5.92 Å². The fourth-order valence-electron chi connectivity index (χ4n) is 1.87. The van der Waals surface area contributed by atoms with Crippen LogP contribution >= 0.6 is 38.5 Å². The summed E-state index contributed by atoms with van der Waals surface area (Å²) in [5.74, 6) is 0.394. The van der Waals surface area contributed by atoms with Gasteiger partial charge >= 0.3 is 0 Å². The Hall–Kier alpha value is 0.0600. The lowest BCUT2D eigenvalue weighted by molar-refractivity contribution is 0.0544. The van der Waals surface area contributed by atoms with Crippen molar-refractivity contribution in [3.8, 4) is 0 Å². The largest absolute Gasteiger partial charge is 0.381 e. The van der Waals surface area contributed by atoms with Crippen molar-refractivity contribution in [3.63, 3.8) is 0 Å². The summed E-state index contributed by atoms with van der Waals surface area (Å²) < 4.78 is 7.26. The summed E-state index contributed by atoms with van der Waals surface area (Å²) in [6, 6.07) is 5.85. The molecule has 1 aromatic rings. The van der Waals surface area contributed by atoms with Gasteiger partial charge < -0.3 is 4.74 Å². The van der Waals surface area contributed by atoms with E-state index in [4.69, 9.17) is 4.74 Å². The molecule has 0 spiro atoms. The predicted octanol–water partition coefficient (Wildman–Crippen LogP) is 3.66. The average molecular weight is 395 g/mol. The van der Waals surface area contributed by atoms with E-state index in [0.717, 1.165) is 26.4 Å². The van der Waals surface area contributed by atoms with Gasteiger partial charge in [0.15, 0.2) is 5.78 Å². The van der Waals surface area contributed by atoms with Crippen LogP contribution in [0.15, 0.2) is 22.7 Å². The quantitative estimate of drug-likeness (QED) is 0.565. The van der Waals surface area contributed by atoms with Crippen molar-refractivity contribution in [1.29, 1.82) is 0 Å². The topological polar surface area (TPSA) is 26.3 Å². The molecule has 0 aliphatic carbocycles. The molecular formula is C12H12BrIO2. The molecule has 0 N–H and O–H groups in total. The van der Waals surface area contributed by atoms with Crippen LogP contribution in [0.1, 0.15) is 23.2 Å². The number of hydrogen-bond donors (Lipinski definition) is 0.